The molecule has 0 spiro atoms. The summed E-state index contributed by atoms with van der Waals surface area (Å²) in [5, 5.41) is 8.98. The fraction of sp³-hybridized carbons (Fsp3) is 0.867. The van der Waals surface area contributed by atoms with Gasteiger partial charge in [0, 0.05) is 12.5 Å². The van der Waals surface area contributed by atoms with Crippen molar-refractivity contribution in [3.8, 4) is 0 Å². The van der Waals surface area contributed by atoms with E-state index in [0.29, 0.717) is 19.8 Å². The monoisotopic (exact) mass is 283 g/mol. The van der Waals surface area contributed by atoms with Gasteiger partial charge in [0.15, 0.2) is 0 Å². The topological polar surface area (TPSA) is 66.8 Å². The van der Waals surface area contributed by atoms with Crippen molar-refractivity contribution in [1.29, 1.82) is 0 Å². The first kappa shape index (κ1) is 15.3. The zero-order chi connectivity index (χ0) is 14.8. The molecule has 2 atom stereocenters. The van der Waals surface area contributed by atoms with E-state index in [-0.39, 0.29) is 29.7 Å². The number of carbonyl (C=O) groups is 2. The van der Waals surface area contributed by atoms with Gasteiger partial charge in [0.25, 0.3) is 0 Å². The summed E-state index contributed by atoms with van der Waals surface area (Å²) in [6, 6.07) is -0.313. The van der Waals surface area contributed by atoms with Gasteiger partial charge in [0.1, 0.15) is 0 Å². The van der Waals surface area contributed by atoms with Gasteiger partial charge in [-0.1, -0.05) is 26.7 Å². The van der Waals surface area contributed by atoms with Crippen LogP contribution in [0.5, 0.6) is 0 Å². The molecule has 2 fully saturated rings. The minimum absolute atomic E-state index is 0.0153. The summed E-state index contributed by atoms with van der Waals surface area (Å²) in [6.45, 7) is 5.67. The van der Waals surface area contributed by atoms with Crippen molar-refractivity contribution in [2.75, 3.05) is 19.8 Å². The Bertz CT molecular complexity index is 380. The second-order valence-electron chi connectivity index (χ2n) is 6.65. The Morgan fingerprint density at radius 1 is 1.35 bits per heavy atom. The molecule has 1 N–H and O–H groups in total. The van der Waals surface area contributed by atoms with E-state index in [1.165, 1.54) is 6.42 Å². The Hall–Kier alpha value is -1.10. The molecule has 0 aromatic carbocycles. The van der Waals surface area contributed by atoms with E-state index in [1.807, 2.05) is 0 Å². The molecular formula is C15H25NO4. The zero-order valence-corrected chi connectivity index (χ0v) is 12.4. The molecule has 1 aliphatic heterocycles. The molecule has 5 nitrogen and oxygen atoms in total. The lowest BCUT2D eigenvalue weighted by Crippen LogP contribution is -2.53. The van der Waals surface area contributed by atoms with E-state index < -0.39 is 5.97 Å². The lowest BCUT2D eigenvalue weighted by molar-refractivity contribution is -0.153. The molecule has 2 aliphatic rings. The number of aliphatic carboxylic acids is 1. The molecule has 20 heavy (non-hydrogen) atoms. The lowest BCUT2D eigenvalue weighted by atomic mass is 9.68. The Balaban J connectivity index is 2.10. The van der Waals surface area contributed by atoms with Crippen molar-refractivity contribution < 1.29 is 19.4 Å². The molecule has 0 radical (unpaired) electrons. The first-order chi connectivity index (χ1) is 9.42. The van der Waals surface area contributed by atoms with Gasteiger partial charge < -0.3 is 14.7 Å². The number of nitrogens with zero attached hydrogens (tertiary/aromatic N) is 1. The summed E-state index contributed by atoms with van der Waals surface area (Å²) < 4.78 is 5.35. The molecule has 2 rings (SSSR count). The Kier molecular flexibility index (Phi) is 4.68. The van der Waals surface area contributed by atoms with Crippen LogP contribution in [0.25, 0.3) is 0 Å². The summed E-state index contributed by atoms with van der Waals surface area (Å²) in [5.74, 6) is -0.726. The summed E-state index contributed by atoms with van der Waals surface area (Å²) in [7, 11) is 0. The summed E-state index contributed by atoms with van der Waals surface area (Å²) in [5.41, 5.74) is 0.0153. The molecule has 2 unspecified atom stereocenters. The smallest absolute Gasteiger partial charge is 0.305 e. The van der Waals surface area contributed by atoms with Crippen LogP contribution >= 0.6 is 0 Å². The second kappa shape index (κ2) is 6.12. The number of hydrogen-bond acceptors (Lipinski definition) is 3. The van der Waals surface area contributed by atoms with Crippen molar-refractivity contribution in [2.24, 2.45) is 11.3 Å². The van der Waals surface area contributed by atoms with Crippen LogP contribution in [-0.2, 0) is 14.3 Å². The van der Waals surface area contributed by atoms with Crippen LogP contribution in [0.1, 0.15) is 46.0 Å². The molecule has 1 saturated heterocycles. The van der Waals surface area contributed by atoms with Gasteiger partial charge in [-0.25, -0.2) is 0 Å². The predicted molar refractivity (Wildman–Crippen MR) is 74.3 cm³/mol. The molecule has 1 saturated carbocycles. The third-order valence-electron chi connectivity index (χ3n) is 4.73. The van der Waals surface area contributed by atoms with Gasteiger partial charge >= 0.3 is 5.97 Å². The van der Waals surface area contributed by atoms with Crippen LogP contribution in [0.3, 0.4) is 0 Å². The van der Waals surface area contributed by atoms with Gasteiger partial charge in [0.2, 0.25) is 5.91 Å². The van der Waals surface area contributed by atoms with Crippen LogP contribution in [-0.4, -0.2) is 47.7 Å². The molecule has 114 valence electrons. The van der Waals surface area contributed by atoms with Crippen molar-refractivity contribution in [3.63, 3.8) is 0 Å². The molecule has 1 amide bonds. The van der Waals surface area contributed by atoms with Crippen LogP contribution in [0.2, 0.25) is 0 Å². The van der Waals surface area contributed by atoms with E-state index in [0.717, 1.165) is 19.3 Å². The molecule has 0 bridgehead atoms. The molecular weight excluding hydrogens is 258 g/mol. The SMILES string of the molecule is CC1(C)CCCCC1C(=O)N1CCOCC1CC(=O)O. The van der Waals surface area contributed by atoms with E-state index in [1.54, 1.807) is 4.90 Å². The zero-order valence-electron chi connectivity index (χ0n) is 12.4. The quantitative estimate of drug-likeness (QED) is 0.859. The number of carboxylic acids is 1. The predicted octanol–water partition coefficient (Wildman–Crippen LogP) is 1.90. The van der Waals surface area contributed by atoms with E-state index in [4.69, 9.17) is 9.84 Å². The average Bonchev–Trinajstić information content (AvgIpc) is 2.37. The van der Waals surface area contributed by atoms with Gasteiger partial charge in [0.05, 0.1) is 25.7 Å². The van der Waals surface area contributed by atoms with Gasteiger partial charge in [-0.05, 0) is 18.3 Å². The highest BCUT2D eigenvalue weighted by molar-refractivity contribution is 5.81. The molecule has 1 aliphatic carbocycles. The van der Waals surface area contributed by atoms with E-state index in [2.05, 4.69) is 13.8 Å². The summed E-state index contributed by atoms with van der Waals surface area (Å²) >= 11 is 0. The maximum Gasteiger partial charge on any atom is 0.305 e. The number of ether oxygens (including phenoxy) is 1. The maximum absolute atomic E-state index is 12.8. The average molecular weight is 283 g/mol. The summed E-state index contributed by atoms with van der Waals surface area (Å²) in [6.07, 6.45) is 4.23. The number of hydrogen-bond donors (Lipinski definition) is 1. The van der Waals surface area contributed by atoms with Gasteiger partial charge in [-0.2, -0.15) is 0 Å². The highest BCUT2D eigenvalue weighted by Gasteiger charge is 2.41. The lowest BCUT2D eigenvalue weighted by Gasteiger charge is -2.43. The molecule has 0 aromatic rings. The van der Waals surface area contributed by atoms with Crippen LogP contribution < -0.4 is 0 Å². The Labute approximate surface area is 120 Å². The first-order valence-corrected chi connectivity index (χ1v) is 7.52. The Morgan fingerprint density at radius 2 is 2.10 bits per heavy atom. The van der Waals surface area contributed by atoms with Gasteiger partial charge in [-0.3, -0.25) is 9.59 Å². The van der Waals surface area contributed by atoms with Crippen molar-refractivity contribution in [2.45, 2.75) is 52.0 Å². The second-order valence-corrected chi connectivity index (χ2v) is 6.65. The fourth-order valence-electron chi connectivity index (χ4n) is 3.47. The number of amides is 1. The van der Waals surface area contributed by atoms with Crippen LogP contribution in [0.4, 0.5) is 0 Å². The first-order valence-electron chi connectivity index (χ1n) is 7.52. The van der Waals surface area contributed by atoms with Crippen molar-refractivity contribution >= 4 is 11.9 Å². The number of rotatable bonds is 3. The largest absolute Gasteiger partial charge is 0.481 e. The number of carbonyl (C=O) groups excluding carboxylic acids is 1. The minimum atomic E-state index is -0.874. The highest BCUT2D eigenvalue weighted by atomic mass is 16.5. The molecule has 0 aromatic heterocycles. The van der Waals surface area contributed by atoms with Crippen LogP contribution in [0, 0.1) is 11.3 Å². The fourth-order valence-corrected chi connectivity index (χ4v) is 3.47. The molecule has 5 heteroatoms. The van der Waals surface area contributed by atoms with Crippen LogP contribution in [0.15, 0.2) is 0 Å². The molecule has 1 heterocycles. The Morgan fingerprint density at radius 3 is 2.75 bits per heavy atom. The third kappa shape index (κ3) is 3.32. The number of carboxylic acid groups (broad SMARTS) is 1. The van der Waals surface area contributed by atoms with Crippen molar-refractivity contribution in [1.82, 2.24) is 4.90 Å². The normalized spacial score (nSPS) is 30.0. The summed E-state index contributed by atoms with van der Waals surface area (Å²) in [4.78, 5) is 25.5. The highest BCUT2D eigenvalue weighted by Crippen LogP contribution is 2.41. The maximum atomic E-state index is 12.8. The standard InChI is InChI=1S/C15H25NO4/c1-15(2)6-4-3-5-12(15)14(19)16-7-8-20-10-11(16)9-13(17)18/h11-12H,3-10H2,1-2H3,(H,17,18). The van der Waals surface area contributed by atoms with Crippen molar-refractivity contribution in [3.05, 3.63) is 0 Å². The number of morpholine rings is 1. The van der Waals surface area contributed by atoms with E-state index >= 15 is 0 Å². The van der Waals surface area contributed by atoms with Gasteiger partial charge in [-0.15, -0.1) is 0 Å². The third-order valence-corrected chi connectivity index (χ3v) is 4.73. The minimum Gasteiger partial charge on any atom is -0.481 e. The van der Waals surface area contributed by atoms with E-state index in [9.17, 15) is 9.59 Å².